The highest BCUT2D eigenvalue weighted by atomic mass is 127. The lowest BCUT2D eigenvalue weighted by atomic mass is 10.1. The number of halogens is 1. The second-order valence-electron chi connectivity index (χ2n) is 4.00. The van der Waals surface area contributed by atoms with E-state index in [1.165, 1.54) is 34.1 Å². The number of hydrogen-bond donors (Lipinski definition) is 0. The molecule has 0 unspecified atom stereocenters. The summed E-state index contributed by atoms with van der Waals surface area (Å²) in [6, 6.07) is 4.09. The highest BCUT2D eigenvalue weighted by molar-refractivity contribution is 14.1. The summed E-state index contributed by atoms with van der Waals surface area (Å²) in [5, 5.41) is 8.80. The van der Waals surface area contributed by atoms with Crippen LogP contribution in [0.15, 0.2) is 11.8 Å². The van der Waals surface area contributed by atoms with Gasteiger partial charge in [-0.3, -0.25) is 0 Å². The van der Waals surface area contributed by atoms with Gasteiger partial charge in [-0.05, 0) is 53.1 Å². The molecule has 1 heterocycles. The Hall–Kier alpha value is -0.850. The Morgan fingerprint density at radius 2 is 2.33 bits per heavy atom. The Bertz CT molecular complexity index is 487. The molecule has 0 atom stereocenters. The Labute approximate surface area is 126 Å². The Kier molecular flexibility index (Phi) is 7.00. The van der Waals surface area contributed by atoms with E-state index >= 15 is 0 Å². The van der Waals surface area contributed by atoms with Crippen molar-refractivity contribution in [3.8, 4) is 6.07 Å². The van der Waals surface area contributed by atoms with Crippen LogP contribution in [0.4, 0.5) is 0 Å². The van der Waals surface area contributed by atoms with E-state index in [9.17, 15) is 0 Å². The average Bonchev–Trinajstić information content (AvgIpc) is 2.72. The van der Waals surface area contributed by atoms with Gasteiger partial charge in [-0.1, -0.05) is 26.2 Å². The highest BCUT2D eigenvalue weighted by Gasteiger charge is 2.07. The van der Waals surface area contributed by atoms with Crippen molar-refractivity contribution >= 4 is 40.0 Å². The molecular weight excluding hydrogens is 355 g/mol. The zero-order valence-corrected chi connectivity index (χ0v) is 13.3. The molecule has 0 fully saturated rings. The second kappa shape index (κ2) is 8.29. The number of allylic oxidation sites excluding steroid dienone is 1. The molecule has 4 heteroatoms. The minimum Gasteiger partial charge on any atom is -0.227 e. The predicted molar refractivity (Wildman–Crippen MR) is 85.1 cm³/mol. The fraction of sp³-hybridized carbons (Fsp3) is 0.429. The molecule has 0 aliphatic rings. The first-order chi connectivity index (χ1) is 8.71. The van der Waals surface area contributed by atoms with Crippen LogP contribution >= 0.6 is 33.9 Å². The monoisotopic (exact) mass is 370 g/mol. The lowest BCUT2D eigenvalue weighted by Crippen LogP contribution is -1.86. The Balaban J connectivity index is 2.78. The molecule has 1 rings (SSSR count). The fourth-order valence-electron chi connectivity index (χ4n) is 1.68. The van der Waals surface area contributed by atoms with Crippen LogP contribution in [0.1, 0.15) is 43.0 Å². The van der Waals surface area contributed by atoms with Gasteiger partial charge in [-0.25, -0.2) is 10.1 Å². The van der Waals surface area contributed by atoms with Gasteiger partial charge in [0.1, 0.15) is 0 Å². The molecule has 0 bridgehead atoms. The molecule has 0 saturated carbocycles. The molecule has 0 radical (unpaired) electrons. The summed E-state index contributed by atoms with van der Waals surface area (Å²) in [5.41, 5.74) is 1.44. The largest absolute Gasteiger partial charge is 0.263 e. The molecule has 0 saturated heterocycles. The first-order valence-electron chi connectivity index (χ1n) is 5.98. The van der Waals surface area contributed by atoms with Crippen LogP contribution in [0.25, 0.3) is 10.9 Å². The summed E-state index contributed by atoms with van der Waals surface area (Å²) in [7, 11) is 0. The Morgan fingerprint density at radius 3 is 2.94 bits per heavy atom. The van der Waals surface area contributed by atoms with Crippen molar-refractivity contribution in [1.29, 1.82) is 5.26 Å². The third kappa shape index (κ3) is 4.80. The van der Waals surface area contributed by atoms with Crippen molar-refractivity contribution < 1.29 is 0 Å². The SMILES string of the molecule is [C-]#[N+]/C(C#N)=C\c1sc(I)cc1CCCCCC. The van der Waals surface area contributed by atoms with Crippen molar-refractivity contribution in [1.82, 2.24) is 0 Å². The van der Waals surface area contributed by atoms with E-state index in [1.807, 2.05) is 6.07 Å². The van der Waals surface area contributed by atoms with Gasteiger partial charge >= 0.3 is 0 Å². The van der Waals surface area contributed by atoms with E-state index in [0.29, 0.717) is 0 Å². The van der Waals surface area contributed by atoms with Crippen molar-refractivity contribution in [2.24, 2.45) is 0 Å². The third-order valence-electron chi connectivity index (χ3n) is 2.61. The van der Waals surface area contributed by atoms with E-state index in [2.05, 4.69) is 40.4 Å². The summed E-state index contributed by atoms with van der Waals surface area (Å²) in [5.74, 6) is 0. The van der Waals surface area contributed by atoms with Crippen LogP contribution in [-0.2, 0) is 6.42 Å². The van der Waals surface area contributed by atoms with E-state index < -0.39 is 0 Å². The van der Waals surface area contributed by atoms with Crippen LogP contribution in [0, 0.1) is 20.8 Å². The molecule has 1 aromatic rings. The quantitative estimate of drug-likeness (QED) is 0.291. The van der Waals surface area contributed by atoms with Crippen molar-refractivity contribution in [2.75, 3.05) is 0 Å². The normalized spacial score (nSPS) is 11.0. The molecule has 1 aromatic heterocycles. The topological polar surface area (TPSA) is 28.1 Å². The van der Waals surface area contributed by atoms with Gasteiger partial charge in [-0.2, -0.15) is 0 Å². The molecule has 0 spiro atoms. The molecular formula is C14H15IN2S. The molecule has 0 aliphatic carbocycles. The summed E-state index contributed by atoms with van der Waals surface area (Å²) in [6.45, 7) is 9.12. The van der Waals surface area contributed by atoms with Gasteiger partial charge in [0.05, 0.1) is 15.5 Å². The van der Waals surface area contributed by atoms with Gasteiger partial charge in [0.15, 0.2) is 0 Å². The molecule has 94 valence electrons. The summed E-state index contributed by atoms with van der Waals surface area (Å²) in [4.78, 5) is 4.29. The Morgan fingerprint density at radius 1 is 1.56 bits per heavy atom. The maximum atomic E-state index is 8.80. The van der Waals surface area contributed by atoms with Crippen LogP contribution in [0.5, 0.6) is 0 Å². The average molecular weight is 370 g/mol. The summed E-state index contributed by atoms with van der Waals surface area (Å²) < 4.78 is 1.21. The number of nitriles is 1. The van der Waals surface area contributed by atoms with Gasteiger partial charge in [0.25, 0.3) is 5.70 Å². The molecule has 0 N–H and O–H groups in total. The van der Waals surface area contributed by atoms with Gasteiger partial charge in [0.2, 0.25) is 0 Å². The lowest BCUT2D eigenvalue weighted by molar-refractivity contribution is 0.667. The second-order valence-corrected chi connectivity index (χ2v) is 6.98. The maximum Gasteiger partial charge on any atom is 0.263 e. The van der Waals surface area contributed by atoms with E-state index in [0.717, 1.165) is 11.3 Å². The van der Waals surface area contributed by atoms with Gasteiger partial charge in [-0.15, -0.1) is 11.3 Å². The third-order valence-corrected chi connectivity index (χ3v) is 4.50. The smallest absolute Gasteiger partial charge is 0.227 e. The van der Waals surface area contributed by atoms with Crippen LogP contribution in [-0.4, -0.2) is 0 Å². The predicted octanol–water partition coefficient (Wildman–Crippen LogP) is 5.26. The van der Waals surface area contributed by atoms with Crippen molar-refractivity contribution in [3.05, 3.63) is 36.5 Å². The number of thiophene rings is 1. The zero-order valence-electron chi connectivity index (χ0n) is 10.4. The maximum absolute atomic E-state index is 8.80. The molecule has 2 nitrogen and oxygen atoms in total. The molecule has 0 amide bonds. The number of aryl methyl sites for hydroxylation is 1. The van der Waals surface area contributed by atoms with Crippen LogP contribution < -0.4 is 0 Å². The van der Waals surface area contributed by atoms with Gasteiger partial charge in [0, 0.05) is 4.88 Å². The molecule has 0 aromatic carbocycles. The lowest BCUT2D eigenvalue weighted by Gasteiger charge is -2.00. The number of rotatable bonds is 6. The van der Waals surface area contributed by atoms with Crippen molar-refractivity contribution in [3.63, 3.8) is 0 Å². The minimum atomic E-state index is 0.169. The number of unbranched alkanes of at least 4 members (excludes halogenated alkanes) is 3. The highest BCUT2D eigenvalue weighted by Crippen LogP contribution is 2.28. The number of nitrogens with zero attached hydrogens (tertiary/aromatic N) is 2. The minimum absolute atomic E-state index is 0.169. The first kappa shape index (κ1) is 15.2. The van der Waals surface area contributed by atoms with Crippen molar-refractivity contribution in [2.45, 2.75) is 39.0 Å². The first-order valence-corrected chi connectivity index (χ1v) is 7.88. The fourth-order valence-corrected chi connectivity index (χ4v) is 3.64. The van der Waals surface area contributed by atoms with Gasteiger partial charge < -0.3 is 0 Å². The molecule has 18 heavy (non-hydrogen) atoms. The van der Waals surface area contributed by atoms with Crippen LogP contribution in [0.2, 0.25) is 0 Å². The van der Waals surface area contributed by atoms with Crippen LogP contribution in [0.3, 0.4) is 0 Å². The van der Waals surface area contributed by atoms with E-state index in [1.54, 1.807) is 17.4 Å². The molecule has 0 aliphatic heterocycles. The van der Waals surface area contributed by atoms with E-state index in [4.69, 9.17) is 11.8 Å². The zero-order chi connectivity index (χ0) is 13.4. The number of hydrogen-bond acceptors (Lipinski definition) is 2. The summed E-state index contributed by atoms with van der Waals surface area (Å²) >= 11 is 3.95. The summed E-state index contributed by atoms with van der Waals surface area (Å²) in [6.07, 6.45) is 7.71. The standard InChI is InChI=1S/C14H15IN2S/c1-3-4-5-6-7-11-8-14(15)18-13(11)9-12(10-16)17-2/h8-9H,3-7H2,1H3/b12-9-. The van der Waals surface area contributed by atoms with E-state index in [-0.39, 0.29) is 5.70 Å².